The molecular formula is C28H29NO5. The second-order valence-corrected chi connectivity index (χ2v) is 8.22. The SMILES string of the molecule is CCOC(=O)COc1ccc(C)cc1C1c2ccccc2CCN1C(=O)OCc1ccccc1. The normalized spacial score (nSPS) is 14.8. The number of benzene rings is 3. The van der Waals surface area contributed by atoms with Gasteiger partial charge in [0.1, 0.15) is 12.4 Å². The molecule has 1 aliphatic rings. The minimum Gasteiger partial charge on any atom is -0.482 e. The summed E-state index contributed by atoms with van der Waals surface area (Å²) in [5, 5.41) is 0. The lowest BCUT2D eigenvalue weighted by molar-refractivity contribution is -0.145. The molecule has 0 aliphatic carbocycles. The molecule has 0 fully saturated rings. The van der Waals surface area contributed by atoms with Gasteiger partial charge in [0.25, 0.3) is 0 Å². The Kier molecular flexibility index (Phi) is 7.48. The fourth-order valence-electron chi connectivity index (χ4n) is 4.25. The van der Waals surface area contributed by atoms with Gasteiger partial charge in [-0.05, 0) is 49.1 Å². The van der Waals surface area contributed by atoms with Crippen molar-refractivity contribution in [2.75, 3.05) is 19.8 Å². The first-order chi connectivity index (χ1) is 16.6. The molecule has 3 aromatic rings. The van der Waals surface area contributed by atoms with Crippen molar-refractivity contribution in [3.63, 3.8) is 0 Å². The lowest BCUT2D eigenvalue weighted by Gasteiger charge is -2.37. The third-order valence-electron chi connectivity index (χ3n) is 5.83. The maximum atomic E-state index is 13.3. The van der Waals surface area contributed by atoms with E-state index >= 15 is 0 Å². The number of carbonyl (C=O) groups is 2. The van der Waals surface area contributed by atoms with Crippen LogP contribution in [0, 0.1) is 6.92 Å². The van der Waals surface area contributed by atoms with Crippen LogP contribution >= 0.6 is 0 Å². The topological polar surface area (TPSA) is 65.1 Å². The van der Waals surface area contributed by atoms with Gasteiger partial charge in [0.2, 0.25) is 0 Å². The largest absolute Gasteiger partial charge is 0.482 e. The number of fused-ring (bicyclic) bond motifs is 1. The monoisotopic (exact) mass is 459 g/mol. The molecule has 4 rings (SSSR count). The minimum absolute atomic E-state index is 0.198. The van der Waals surface area contributed by atoms with E-state index in [2.05, 4.69) is 6.07 Å². The summed E-state index contributed by atoms with van der Waals surface area (Å²) in [7, 11) is 0. The highest BCUT2D eigenvalue weighted by atomic mass is 16.6. The zero-order valence-corrected chi connectivity index (χ0v) is 19.5. The number of nitrogens with zero attached hydrogens (tertiary/aromatic N) is 1. The fraction of sp³-hybridized carbons (Fsp3) is 0.286. The Hall–Kier alpha value is -3.80. The standard InChI is InChI=1S/C28H29NO5/c1-3-32-26(30)19-33-25-14-13-20(2)17-24(25)27-23-12-8-7-11-22(23)15-16-29(27)28(31)34-18-21-9-5-4-6-10-21/h4-14,17,27H,3,15-16,18-19H2,1-2H3. The highest BCUT2D eigenvalue weighted by molar-refractivity contribution is 5.72. The smallest absolute Gasteiger partial charge is 0.410 e. The van der Waals surface area contributed by atoms with Gasteiger partial charge in [-0.2, -0.15) is 0 Å². The Balaban J connectivity index is 1.66. The first-order valence-electron chi connectivity index (χ1n) is 11.5. The quantitative estimate of drug-likeness (QED) is 0.453. The van der Waals surface area contributed by atoms with E-state index in [0.717, 1.165) is 28.7 Å². The van der Waals surface area contributed by atoms with E-state index in [0.29, 0.717) is 18.9 Å². The van der Waals surface area contributed by atoms with Crippen LogP contribution in [0.4, 0.5) is 4.79 Å². The second kappa shape index (κ2) is 10.9. The Labute approximate surface area is 200 Å². The molecule has 0 saturated carbocycles. The van der Waals surface area contributed by atoms with E-state index in [1.807, 2.05) is 73.7 Å². The van der Waals surface area contributed by atoms with Gasteiger partial charge in [0.05, 0.1) is 12.6 Å². The van der Waals surface area contributed by atoms with E-state index in [-0.39, 0.29) is 19.3 Å². The Morgan fingerprint density at radius 1 is 0.941 bits per heavy atom. The highest BCUT2D eigenvalue weighted by Crippen LogP contribution is 2.40. The van der Waals surface area contributed by atoms with Gasteiger partial charge in [-0.3, -0.25) is 4.90 Å². The van der Waals surface area contributed by atoms with Gasteiger partial charge in [-0.1, -0.05) is 66.2 Å². The van der Waals surface area contributed by atoms with Crippen molar-refractivity contribution < 1.29 is 23.8 Å². The molecule has 0 N–H and O–H groups in total. The van der Waals surface area contributed by atoms with Gasteiger partial charge in [0, 0.05) is 12.1 Å². The van der Waals surface area contributed by atoms with Crippen molar-refractivity contribution in [3.8, 4) is 5.75 Å². The zero-order chi connectivity index (χ0) is 23.9. The number of esters is 1. The third kappa shape index (κ3) is 5.39. The van der Waals surface area contributed by atoms with Crippen molar-refractivity contribution >= 4 is 12.1 Å². The predicted octanol–water partition coefficient (Wildman–Crippen LogP) is 5.22. The van der Waals surface area contributed by atoms with Gasteiger partial charge < -0.3 is 14.2 Å². The van der Waals surface area contributed by atoms with Crippen LogP contribution in [0.2, 0.25) is 0 Å². The predicted molar refractivity (Wildman–Crippen MR) is 129 cm³/mol. The van der Waals surface area contributed by atoms with E-state index in [4.69, 9.17) is 14.2 Å². The van der Waals surface area contributed by atoms with E-state index in [1.165, 1.54) is 5.56 Å². The first kappa shape index (κ1) is 23.4. The second-order valence-electron chi connectivity index (χ2n) is 8.22. The number of rotatable bonds is 7. The van der Waals surface area contributed by atoms with Crippen LogP contribution in [-0.2, 0) is 27.3 Å². The molecule has 0 aromatic heterocycles. The molecule has 6 nitrogen and oxygen atoms in total. The Morgan fingerprint density at radius 2 is 1.71 bits per heavy atom. The number of ether oxygens (including phenoxy) is 3. The number of hydrogen-bond donors (Lipinski definition) is 0. The molecule has 176 valence electrons. The van der Waals surface area contributed by atoms with Crippen molar-refractivity contribution in [2.24, 2.45) is 0 Å². The van der Waals surface area contributed by atoms with Crippen molar-refractivity contribution in [1.29, 1.82) is 0 Å². The number of aryl methyl sites for hydroxylation is 1. The van der Waals surface area contributed by atoms with Crippen molar-refractivity contribution in [2.45, 2.75) is 32.9 Å². The van der Waals surface area contributed by atoms with Crippen LogP contribution in [0.15, 0.2) is 72.8 Å². The van der Waals surface area contributed by atoms with E-state index in [1.54, 1.807) is 11.8 Å². The Bertz CT molecular complexity index is 1140. The summed E-state index contributed by atoms with van der Waals surface area (Å²) in [5.74, 6) is 0.110. The van der Waals surface area contributed by atoms with Crippen LogP contribution in [0.25, 0.3) is 0 Å². The lowest BCUT2D eigenvalue weighted by atomic mass is 9.87. The molecule has 1 aliphatic heterocycles. The van der Waals surface area contributed by atoms with Gasteiger partial charge in [0.15, 0.2) is 6.61 Å². The van der Waals surface area contributed by atoms with Crippen LogP contribution < -0.4 is 4.74 Å². The third-order valence-corrected chi connectivity index (χ3v) is 5.83. The zero-order valence-electron chi connectivity index (χ0n) is 19.5. The molecule has 0 saturated heterocycles. The van der Waals surface area contributed by atoms with Crippen LogP contribution in [0.5, 0.6) is 5.75 Å². The van der Waals surface area contributed by atoms with Gasteiger partial charge in [-0.25, -0.2) is 9.59 Å². The van der Waals surface area contributed by atoms with Crippen molar-refractivity contribution in [3.05, 3.63) is 101 Å². The number of hydrogen-bond acceptors (Lipinski definition) is 5. The van der Waals surface area contributed by atoms with Gasteiger partial charge >= 0.3 is 12.1 Å². The number of carbonyl (C=O) groups excluding carboxylic acids is 2. The average molecular weight is 460 g/mol. The van der Waals surface area contributed by atoms with Gasteiger partial charge in [-0.15, -0.1) is 0 Å². The molecule has 6 heteroatoms. The summed E-state index contributed by atoms with van der Waals surface area (Å²) in [6.07, 6.45) is 0.346. The molecule has 0 spiro atoms. The molecular weight excluding hydrogens is 430 g/mol. The maximum Gasteiger partial charge on any atom is 0.410 e. The summed E-state index contributed by atoms with van der Waals surface area (Å²) < 4.78 is 16.6. The van der Waals surface area contributed by atoms with Crippen LogP contribution in [0.1, 0.15) is 40.8 Å². The molecule has 1 atom stereocenters. The van der Waals surface area contributed by atoms with Crippen molar-refractivity contribution in [1.82, 2.24) is 4.90 Å². The summed E-state index contributed by atoms with van der Waals surface area (Å²) in [5.41, 5.74) is 4.97. The molecule has 0 bridgehead atoms. The minimum atomic E-state index is -0.433. The summed E-state index contributed by atoms with van der Waals surface area (Å²) in [6, 6.07) is 23.1. The Morgan fingerprint density at radius 3 is 2.50 bits per heavy atom. The lowest BCUT2D eigenvalue weighted by Crippen LogP contribution is -2.41. The van der Waals surface area contributed by atoms with E-state index in [9.17, 15) is 9.59 Å². The first-order valence-corrected chi connectivity index (χ1v) is 11.5. The highest BCUT2D eigenvalue weighted by Gasteiger charge is 2.35. The molecule has 1 amide bonds. The van der Waals surface area contributed by atoms with Crippen LogP contribution in [-0.4, -0.2) is 36.7 Å². The van der Waals surface area contributed by atoms with E-state index < -0.39 is 12.0 Å². The van der Waals surface area contributed by atoms with Crippen LogP contribution in [0.3, 0.4) is 0 Å². The molecule has 1 heterocycles. The summed E-state index contributed by atoms with van der Waals surface area (Å²) >= 11 is 0. The molecule has 1 unspecified atom stereocenters. The average Bonchev–Trinajstić information content (AvgIpc) is 2.86. The summed E-state index contributed by atoms with van der Waals surface area (Å²) in [6.45, 7) is 4.56. The molecule has 34 heavy (non-hydrogen) atoms. The fourth-order valence-corrected chi connectivity index (χ4v) is 4.25. The molecule has 0 radical (unpaired) electrons. The summed E-state index contributed by atoms with van der Waals surface area (Å²) in [4.78, 5) is 27.0. The molecule has 3 aromatic carbocycles. The maximum absolute atomic E-state index is 13.3. The number of amides is 1.